The summed E-state index contributed by atoms with van der Waals surface area (Å²) in [7, 11) is 0. The fourth-order valence-corrected chi connectivity index (χ4v) is 2.06. The van der Waals surface area contributed by atoms with E-state index in [1.165, 1.54) is 0 Å². The number of hydrogen-bond acceptors (Lipinski definition) is 5. The Morgan fingerprint density at radius 3 is 3.00 bits per heavy atom. The van der Waals surface area contributed by atoms with Crippen LogP contribution >= 0.6 is 0 Å². The van der Waals surface area contributed by atoms with Gasteiger partial charge in [-0.1, -0.05) is 6.92 Å². The molecule has 5 nitrogen and oxygen atoms in total. The largest absolute Gasteiger partial charge is 0.394 e. The van der Waals surface area contributed by atoms with Crippen molar-refractivity contribution in [2.45, 2.75) is 25.6 Å². The number of aliphatic hydroxyl groups excluding tert-OH is 2. The lowest BCUT2D eigenvalue weighted by atomic mass is 10.1. The van der Waals surface area contributed by atoms with Gasteiger partial charge in [-0.15, -0.1) is 0 Å². The fraction of sp³-hybridized carbons (Fsp3) is 0.615. The van der Waals surface area contributed by atoms with Gasteiger partial charge < -0.3 is 19.8 Å². The van der Waals surface area contributed by atoms with Crippen molar-refractivity contribution in [1.82, 2.24) is 4.98 Å². The maximum atomic E-state index is 9.68. The number of ether oxygens (including phenoxy) is 1. The number of pyridine rings is 1. The van der Waals surface area contributed by atoms with E-state index in [9.17, 15) is 5.11 Å². The molecule has 100 valence electrons. The highest BCUT2D eigenvalue weighted by Gasteiger charge is 2.20. The van der Waals surface area contributed by atoms with Gasteiger partial charge in [-0.05, 0) is 18.6 Å². The number of morpholine rings is 1. The number of aromatic nitrogens is 1. The topological polar surface area (TPSA) is 65.8 Å². The summed E-state index contributed by atoms with van der Waals surface area (Å²) in [6, 6.07) is 3.81. The van der Waals surface area contributed by atoms with Crippen molar-refractivity contribution in [3.8, 4) is 0 Å². The first-order chi connectivity index (χ1) is 8.74. The molecule has 0 amide bonds. The average Bonchev–Trinajstić information content (AvgIpc) is 2.46. The van der Waals surface area contributed by atoms with E-state index in [1.807, 2.05) is 19.1 Å². The molecule has 0 aliphatic carbocycles. The molecule has 1 aliphatic heterocycles. The van der Waals surface area contributed by atoms with Gasteiger partial charge in [0, 0.05) is 13.1 Å². The first kappa shape index (κ1) is 13.3. The summed E-state index contributed by atoms with van der Waals surface area (Å²) >= 11 is 0. The van der Waals surface area contributed by atoms with Crippen molar-refractivity contribution >= 4 is 5.69 Å². The van der Waals surface area contributed by atoms with E-state index in [4.69, 9.17) is 9.84 Å². The van der Waals surface area contributed by atoms with Crippen molar-refractivity contribution in [3.63, 3.8) is 0 Å². The second-order valence-corrected chi connectivity index (χ2v) is 4.49. The van der Waals surface area contributed by atoms with E-state index < -0.39 is 6.10 Å². The minimum atomic E-state index is -0.492. The zero-order valence-electron chi connectivity index (χ0n) is 10.6. The van der Waals surface area contributed by atoms with Gasteiger partial charge in [-0.3, -0.25) is 4.98 Å². The molecule has 2 rings (SSSR count). The third kappa shape index (κ3) is 2.98. The maximum absolute atomic E-state index is 9.68. The summed E-state index contributed by atoms with van der Waals surface area (Å²) in [5.41, 5.74) is 1.71. The molecule has 0 spiro atoms. The molecule has 2 atom stereocenters. The van der Waals surface area contributed by atoms with Crippen molar-refractivity contribution in [2.24, 2.45) is 0 Å². The van der Waals surface area contributed by atoms with Crippen LogP contribution in [0.3, 0.4) is 0 Å². The van der Waals surface area contributed by atoms with Crippen molar-refractivity contribution in [1.29, 1.82) is 0 Å². The highest BCUT2D eigenvalue weighted by atomic mass is 16.5. The summed E-state index contributed by atoms with van der Waals surface area (Å²) in [6.07, 6.45) is 1.82. The molecule has 1 saturated heterocycles. The van der Waals surface area contributed by atoms with Crippen LogP contribution < -0.4 is 4.90 Å². The van der Waals surface area contributed by atoms with E-state index in [1.54, 1.807) is 6.20 Å². The zero-order valence-corrected chi connectivity index (χ0v) is 10.6. The minimum absolute atomic E-state index is 0.0383. The zero-order chi connectivity index (χ0) is 13.0. The number of hydrogen-bond donors (Lipinski definition) is 2. The number of rotatable bonds is 4. The van der Waals surface area contributed by atoms with Crippen LogP contribution in [0.1, 0.15) is 25.1 Å². The van der Waals surface area contributed by atoms with Gasteiger partial charge in [0.15, 0.2) is 0 Å². The third-order valence-corrected chi connectivity index (χ3v) is 3.21. The van der Waals surface area contributed by atoms with Crippen molar-refractivity contribution in [3.05, 3.63) is 24.0 Å². The normalized spacial score (nSPS) is 21.9. The molecular formula is C13H20N2O3. The van der Waals surface area contributed by atoms with E-state index in [0.717, 1.165) is 12.2 Å². The minimum Gasteiger partial charge on any atom is -0.394 e. The van der Waals surface area contributed by atoms with Gasteiger partial charge >= 0.3 is 0 Å². The van der Waals surface area contributed by atoms with E-state index in [-0.39, 0.29) is 12.7 Å². The highest BCUT2D eigenvalue weighted by molar-refractivity contribution is 5.45. The monoisotopic (exact) mass is 252 g/mol. The Morgan fingerprint density at radius 1 is 1.56 bits per heavy atom. The summed E-state index contributed by atoms with van der Waals surface area (Å²) in [6.45, 7) is 4.05. The lowest BCUT2D eigenvalue weighted by Crippen LogP contribution is -2.44. The lowest BCUT2D eigenvalue weighted by molar-refractivity contribution is 0.00355. The second kappa shape index (κ2) is 6.13. The lowest BCUT2D eigenvalue weighted by Gasteiger charge is -2.33. The van der Waals surface area contributed by atoms with Crippen LogP contribution in [-0.2, 0) is 4.74 Å². The Labute approximate surface area is 107 Å². The predicted octanol–water partition coefficient (Wildman–Crippen LogP) is 0.722. The molecule has 2 heterocycles. The molecular weight excluding hydrogens is 232 g/mol. The summed E-state index contributed by atoms with van der Waals surface area (Å²) < 4.78 is 5.41. The number of aliphatic hydroxyl groups is 2. The molecule has 5 heteroatoms. The van der Waals surface area contributed by atoms with Crippen LogP contribution in [-0.4, -0.2) is 47.6 Å². The third-order valence-electron chi connectivity index (χ3n) is 3.21. The number of anilines is 1. The Hall–Kier alpha value is -1.17. The smallest absolute Gasteiger partial charge is 0.0980 e. The van der Waals surface area contributed by atoms with Gasteiger partial charge in [0.1, 0.15) is 0 Å². The van der Waals surface area contributed by atoms with Gasteiger partial charge in [0.05, 0.1) is 43.0 Å². The van der Waals surface area contributed by atoms with Crippen LogP contribution in [0.5, 0.6) is 0 Å². The molecule has 1 unspecified atom stereocenters. The van der Waals surface area contributed by atoms with Crippen LogP contribution in [0.15, 0.2) is 18.3 Å². The van der Waals surface area contributed by atoms with E-state index in [0.29, 0.717) is 25.3 Å². The molecule has 1 fully saturated rings. The summed E-state index contributed by atoms with van der Waals surface area (Å²) in [5.74, 6) is 0. The first-order valence-corrected chi connectivity index (χ1v) is 6.36. The summed E-state index contributed by atoms with van der Waals surface area (Å²) in [4.78, 5) is 6.42. The Morgan fingerprint density at radius 2 is 2.39 bits per heavy atom. The van der Waals surface area contributed by atoms with Crippen molar-refractivity contribution < 1.29 is 14.9 Å². The molecule has 1 aliphatic rings. The van der Waals surface area contributed by atoms with Crippen LogP contribution in [0.25, 0.3) is 0 Å². The summed E-state index contributed by atoms with van der Waals surface area (Å²) in [5, 5.41) is 18.8. The van der Waals surface area contributed by atoms with Gasteiger partial charge in [-0.25, -0.2) is 0 Å². The quantitative estimate of drug-likeness (QED) is 0.826. The van der Waals surface area contributed by atoms with E-state index >= 15 is 0 Å². The molecule has 0 bridgehead atoms. The Balaban J connectivity index is 2.04. The van der Waals surface area contributed by atoms with Crippen LogP contribution in [0.2, 0.25) is 0 Å². The first-order valence-electron chi connectivity index (χ1n) is 6.36. The molecule has 1 aromatic heterocycles. The predicted molar refractivity (Wildman–Crippen MR) is 68.5 cm³/mol. The average molecular weight is 252 g/mol. The van der Waals surface area contributed by atoms with Gasteiger partial charge in [-0.2, -0.15) is 0 Å². The van der Waals surface area contributed by atoms with E-state index in [2.05, 4.69) is 9.88 Å². The molecule has 0 radical (unpaired) electrons. The Bertz CT molecular complexity index is 369. The fourth-order valence-electron chi connectivity index (χ4n) is 2.06. The van der Waals surface area contributed by atoms with Crippen molar-refractivity contribution in [2.75, 3.05) is 31.2 Å². The van der Waals surface area contributed by atoms with Crippen LogP contribution in [0.4, 0.5) is 5.69 Å². The van der Waals surface area contributed by atoms with Gasteiger partial charge in [0.2, 0.25) is 0 Å². The molecule has 18 heavy (non-hydrogen) atoms. The molecule has 2 N–H and O–H groups in total. The van der Waals surface area contributed by atoms with Crippen LogP contribution in [0, 0.1) is 0 Å². The number of nitrogens with zero attached hydrogens (tertiary/aromatic N) is 2. The maximum Gasteiger partial charge on any atom is 0.0980 e. The molecule has 0 saturated carbocycles. The standard InChI is InChI=1S/C13H20N2O3/c1-2-13(17)12-4-3-10(7-14-12)15-5-6-18-11(8-15)9-16/h3-4,7,11,13,16-17H,2,5-6,8-9H2,1H3/t11?,13-/m1/s1. The second-order valence-electron chi connectivity index (χ2n) is 4.49. The highest BCUT2D eigenvalue weighted by Crippen LogP contribution is 2.20. The molecule has 1 aromatic rings. The van der Waals surface area contributed by atoms with Gasteiger partial charge in [0.25, 0.3) is 0 Å². The Kier molecular flexibility index (Phi) is 4.52. The molecule has 0 aromatic carbocycles. The SMILES string of the molecule is CC[C@@H](O)c1ccc(N2CCOC(CO)C2)cn1.